The number of aliphatic imine (C=N–C) groups is 1. The lowest BCUT2D eigenvalue weighted by molar-refractivity contribution is -0.385. The fourth-order valence-electron chi connectivity index (χ4n) is 6.23. The molecule has 5 aromatic rings. The van der Waals surface area contributed by atoms with E-state index in [2.05, 4.69) is 59.9 Å². The Bertz CT molecular complexity index is 2370. The van der Waals surface area contributed by atoms with Gasteiger partial charge in [0.05, 0.1) is 65.8 Å². The van der Waals surface area contributed by atoms with E-state index in [4.69, 9.17) is 9.47 Å². The maximum atomic E-state index is 12.3. The van der Waals surface area contributed by atoms with Crippen LogP contribution in [0.3, 0.4) is 0 Å². The average molecular weight is 808 g/mol. The van der Waals surface area contributed by atoms with Crippen molar-refractivity contribution in [2.24, 2.45) is 4.99 Å². The third-order valence-corrected chi connectivity index (χ3v) is 9.74. The van der Waals surface area contributed by atoms with Crippen LogP contribution >= 0.6 is 11.3 Å². The molecule has 2 aliphatic heterocycles. The molecule has 2 aliphatic rings. The molecule has 0 radical (unpaired) electrons. The number of allylic oxidation sites excluding steroid dienone is 2. The molecule has 0 saturated heterocycles. The number of nitro groups is 1. The van der Waals surface area contributed by atoms with Gasteiger partial charge in [0, 0.05) is 41.6 Å². The quantitative estimate of drug-likeness (QED) is 0.0416. The zero-order chi connectivity index (χ0) is 41.8. The Kier molecular flexibility index (Phi) is 14.2. The summed E-state index contributed by atoms with van der Waals surface area (Å²) in [5.74, 6) is -0.963. The number of benzene rings is 3. The van der Waals surface area contributed by atoms with Crippen LogP contribution in [0.15, 0.2) is 118 Å². The van der Waals surface area contributed by atoms with Gasteiger partial charge in [-0.1, -0.05) is 54.6 Å². The second-order valence-corrected chi connectivity index (χ2v) is 13.5. The number of ether oxygens (including phenoxy) is 3. The molecular weight excluding hydrogens is 767 g/mol. The number of esters is 2. The molecule has 0 atom stereocenters. The highest BCUT2D eigenvalue weighted by Gasteiger charge is 2.40. The number of nitro benzene ring substituents is 1. The number of carbonyl (C=O) groups is 4. The second kappa shape index (κ2) is 19.6. The highest BCUT2D eigenvalue weighted by molar-refractivity contribution is 7.12. The van der Waals surface area contributed by atoms with Gasteiger partial charge in [-0.2, -0.15) is 0 Å². The SMILES string of the molecule is COC(=O)C1=C(C)NC(C)=C(C(=O)OC)C1c1ccccc1[N+](=O)[O-].COC(=O)Nc1nc2ccc(C(=O)c3cccs3)cc2[nH]1.c1ccc(CC2=NCCN2)cc1. The highest BCUT2D eigenvalue weighted by atomic mass is 32.1. The Hall–Kier alpha value is -7.14. The number of dihydropyridines is 1. The van der Waals surface area contributed by atoms with Crippen LogP contribution in [0, 0.1) is 10.1 Å². The van der Waals surface area contributed by atoms with Gasteiger partial charge in [0.25, 0.3) is 5.69 Å². The fraction of sp³-hybridized carbons (Fsp3) is 0.220. The number of thiophene rings is 1. The first-order valence-corrected chi connectivity index (χ1v) is 18.7. The molecule has 0 bridgehead atoms. The van der Waals surface area contributed by atoms with Gasteiger partial charge in [0.2, 0.25) is 11.7 Å². The van der Waals surface area contributed by atoms with E-state index >= 15 is 0 Å². The maximum absolute atomic E-state index is 12.3. The van der Waals surface area contributed by atoms with Crippen molar-refractivity contribution >= 4 is 63.7 Å². The Morgan fingerprint density at radius 3 is 2.14 bits per heavy atom. The number of ketones is 1. The van der Waals surface area contributed by atoms with Crippen LogP contribution in [0.2, 0.25) is 0 Å². The van der Waals surface area contributed by atoms with E-state index in [9.17, 15) is 29.3 Å². The Labute approximate surface area is 337 Å². The fourth-order valence-corrected chi connectivity index (χ4v) is 6.91. The van der Waals surface area contributed by atoms with Crippen molar-refractivity contribution in [2.45, 2.75) is 26.2 Å². The van der Waals surface area contributed by atoms with E-state index in [0.29, 0.717) is 32.9 Å². The zero-order valence-electron chi connectivity index (χ0n) is 32.3. The number of hydrogen-bond donors (Lipinski definition) is 4. The first kappa shape index (κ1) is 42.0. The highest BCUT2D eigenvalue weighted by Crippen LogP contribution is 2.42. The molecule has 4 N–H and O–H groups in total. The number of hydrogen-bond acceptors (Lipinski definition) is 14. The minimum absolute atomic E-state index is 0.0380. The minimum atomic E-state index is -0.970. The summed E-state index contributed by atoms with van der Waals surface area (Å²) in [7, 11) is 3.69. The standard InChI is InChI=1S/C17H18N2O6.C14H11N3O3S.C10H12N2/c1-9-13(16(20)24-3)15(14(10(2)18-9)17(21)25-4)11-7-5-6-8-12(11)19(22)23;1-20-14(19)17-13-15-9-5-4-8(7-10(9)16-13)12(18)11-3-2-6-21-11;1-2-4-9(5-3-1)8-10-11-6-7-12-10/h5-8,15,18H,1-4H3;2-7H,1H3,(H2,15,16,17,19);1-5H,6-8H2,(H,11,12). The Balaban J connectivity index is 0.000000175. The van der Waals surface area contributed by atoms with Crippen LogP contribution in [-0.2, 0) is 30.2 Å². The van der Waals surface area contributed by atoms with Gasteiger partial charge in [-0.15, -0.1) is 11.3 Å². The number of para-hydroxylation sites is 1. The zero-order valence-corrected chi connectivity index (χ0v) is 33.1. The Morgan fingerprint density at radius 2 is 1.55 bits per heavy atom. The van der Waals surface area contributed by atoms with E-state index in [1.807, 2.05) is 17.5 Å². The number of imidazole rings is 1. The van der Waals surface area contributed by atoms with E-state index < -0.39 is 28.9 Å². The number of fused-ring (bicyclic) bond motifs is 1. The van der Waals surface area contributed by atoms with Crippen molar-refractivity contribution < 1.29 is 38.3 Å². The number of aromatic nitrogens is 2. The number of carbonyl (C=O) groups excluding carboxylic acids is 4. The molecule has 300 valence electrons. The van der Waals surface area contributed by atoms with Gasteiger partial charge >= 0.3 is 18.0 Å². The number of rotatable bonds is 9. The summed E-state index contributed by atoms with van der Waals surface area (Å²) in [6, 6.07) is 25.2. The smallest absolute Gasteiger partial charge is 0.413 e. The van der Waals surface area contributed by atoms with Gasteiger partial charge in [-0.25, -0.2) is 19.4 Å². The molecule has 58 heavy (non-hydrogen) atoms. The molecule has 16 nitrogen and oxygen atoms in total. The summed E-state index contributed by atoms with van der Waals surface area (Å²) >= 11 is 1.40. The first-order chi connectivity index (χ1) is 27.9. The van der Waals surface area contributed by atoms with Gasteiger partial charge in [-0.3, -0.25) is 25.2 Å². The molecule has 0 aliphatic carbocycles. The second-order valence-electron chi connectivity index (χ2n) is 12.6. The number of aromatic amines is 1. The summed E-state index contributed by atoms with van der Waals surface area (Å²) in [5.41, 5.74) is 4.41. The van der Waals surface area contributed by atoms with Gasteiger partial charge in [-0.05, 0) is 49.1 Å². The number of amidine groups is 1. The number of amides is 1. The molecule has 0 saturated carbocycles. The Morgan fingerprint density at radius 1 is 0.879 bits per heavy atom. The lowest BCUT2D eigenvalue weighted by Gasteiger charge is -2.29. The van der Waals surface area contributed by atoms with Crippen LogP contribution in [0.1, 0.15) is 46.1 Å². The van der Waals surface area contributed by atoms with Gasteiger partial charge in [0.15, 0.2) is 0 Å². The third-order valence-electron chi connectivity index (χ3n) is 8.87. The largest absolute Gasteiger partial charge is 0.466 e. The predicted molar refractivity (Wildman–Crippen MR) is 219 cm³/mol. The van der Waals surface area contributed by atoms with E-state index in [0.717, 1.165) is 25.3 Å². The van der Waals surface area contributed by atoms with Crippen molar-refractivity contribution in [1.82, 2.24) is 20.6 Å². The van der Waals surface area contributed by atoms with Gasteiger partial charge in [0.1, 0.15) is 5.84 Å². The maximum Gasteiger partial charge on any atom is 0.413 e. The van der Waals surface area contributed by atoms with Crippen LogP contribution in [0.25, 0.3) is 11.0 Å². The summed E-state index contributed by atoms with van der Waals surface area (Å²) in [6.07, 6.45) is 0.338. The number of anilines is 1. The molecular formula is C41H41N7O9S. The van der Waals surface area contributed by atoms with Crippen LogP contribution in [0.5, 0.6) is 0 Å². The number of nitrogens with one attached hydrogen (secondary N) is 4. The molecule has 0 spiro atoms. The van der Waals surface area contributed by atoms with E-state index in [-0.39, 0.29) is 34.1 Å². The minimum Gasteiger partial charge on any atom is -0.466 e. The molecule has 3 aromatic carbocycles. The molecule has 1 amide bonds. The molecule has 4 heterocycles. The monoisotopic (exact) mass is 807 g/mol. The van der Waals surface area contributed by atoms with Crippen molar-refractivity contribution in [3.05, 3.63) is 145 Å². The number of nitrogens with zero attached hydrogens (tertiary/aromatic N) is 3. The van der Waals surface area contributed by atoms with Crippen molar-refractivity contribution in [3.8, 4) is 0 Å². The van der Waals surface area contributed by atoms with E-state index in [1.165, 1.54) is 56.4 Å². The average Bonchev–Trinajstić information content (AvgIpc) is 4.04. The molecule has 7 rings (SSSR count). The lowest BCUT2D eigenvalue weighted by Crippen LogP contribution is -2.32. The molecule has 2 aromatic heterocycles. The van der Waals surface area contributed by atoms with Crippen LogP contribution in [0.4, 0.5) is 16.4 Å². The predicted octanol–water partition coefficient (Wildman–Crippen LogP) is 6.44. The number of H-pyrrole nitrogens is 1. The van der Waals surface area contributed by atoms with E-state index in [1.54, 1.807) is 44.2 Å². The third kappa shape index (κ3) is 10.2. The first-order valence-electron chi connectivity index (χ1n) is 17.8. The summed E-state index contributed by atoms with van der Waals surface area (Å²) in [6.45, 7) is 5.22. The lowest BCUT2D eigenvalue weighted by atomic mass is 9.79. The molecule has 0 unspecified atom stereocenters. The molecule has 0 fully saturated rings. The van der Waals surface area contributed by atoms with Crippen molar-refractivity contribution in [2.75, 3.05) is 39.7 Å². The van der Waals surface area contributed by atoms with Crippen LogP contribution < -0.4 is 16.0 Å². The van der Waals surface area contributed by atoms with Crippen LogP contribution in [-0.4, -0.2) is 79.0 Å². The van der Waals surface area contributed by atoms with Gasteiger partial charge < -0.3 is 29.8 Å². The molecule has 17 heteroatoms. The topological polar surface area (TPSA) is 216 Å². The summed E-state index contributed by atoms with van der Waals surface area (Å²) < 4.78 is 14.2. The van der Waals surface area contributed by atoms with Crippen molar-refractivity contribution in [1.29, 1.82) is 0 Å². The normalized spacial score (nSPS) is 13.4. The summed E-state index contributed by atoms with van der Waals surface area (Å²) in [5, 5.41) is 22.0. The number of methoxy groups -OCH3 is 3. The van der Waals surface area contributed by atoms with Crippen molar-refractivity contribution in [3.63, 3.8) is 0 Å². The summed E-state index contributed by atoms with van der Waals surface area (Å²) in [4.78, 5) is 71.1.